The van der Waals surface area contributed by atoms with Crippen LogP contribution in [0.5, 0.6) is 0 Å². The number of carbonyl (C=O) groups is 1. The van der Waals surface area contributed by atoms with Gasteiger partial charge in [-0.05, 0) is 36.8 Å². The lowest BCUT2D eigenvalue weighted by Crippen LogP contribution is -2.18. The molecule has 1 N–H and O–H groups in total. The molecule has 0 aliphatic heterocycles. The molecule has 0 saturated heterocycles. The lowest BCUT2D eigenvalue weighted by atomic mass is 10.2. The van der Waals surface area contributed by atoms with Crippen LogP contribution in [0.25, 0.3) is 34.0 Å². The largest absolute Gasteiger partial charge is 0.459 e. The number of anilines is 1. The van der Waals surface area contributed by atoms with E-state index in [2.05, 4.69) is 15.5 Å². The maximum absolute atomic E-state index is 12.7. The maximum Gasteiger partial charge on any atom is 0.283 e. The van der Waals surface area contributed by atoms with Crippen LogP contribution in [0.3, 0.4) is 0 Å². The van der Waals surface area contributed by atoms with Gasteiger partial charge in [0.1, 0.15) is 6.54 Å². The van der Waals surface area contributed by atoms with Gasteiger partial charge in [0.25, 0.3) is 5.89 Å². The molecule has 3 heterocycles. The first-order valence-corrected chi connectivity index (χ1v) is 9.50. The summed E-state index contributed by atoms with van der Waals surface area (Å²) < 4.78 is 13.0. The fourth-order valence-electron chi connectivity index (χ4n) is 3.44. The van der Waals surface area contributed by atoms with Gasteiger partial charge in [-0.3, -0.25) is 4.79 Å². The van der Waals surface area contributed by atoms with Gasteiger partial charge in [-0.15, -0.1) is 10.2 Å². The smallest absolute Gasteiger partial charge is 0.283 e. The van der Waals surface area contributed by atoms with Crippen LogP contribution in [0.2, 0.25) is 0 Å². The Labute approximate surface area is 172 Å². The summed E-state index contributed by atoms with van der Waals surface area (Å²) in [6, 6.07) is 19.0. The molecule has 0 fully saturated rings. The van der Waals surface area contributed by atoms with E-state index in [1.54, 1.807) is 18.4 Å². The molecular formula is C23H18N4O3. The number of carbonyl (C=O) groups excluding carboxylic acids is 1. The number of aryl methyl sites for hydroxylation is 1. The highest BCUT2D eigenvalue weighted by molar-refractivity contribution is 5.97. The highest BCUT2D eigenvalue weighted by Crippen LogP contribution is 2.31. The van der Waals surface area contributed by atoms with Crippen molar-refractivity contribution in [2.45, 2.75) is 13.5 Å². The van der Waals surface area contributed by atoms with Gasteiger partial charge in [0.2, 0.25) is 11.8 Å². The summed E-state index contributed by atoms with van der Waals surface area (Å²) in [5.74, 6) is 1.08. The minimum atomic E-state index is -0.113. The number of para-hydroxylation sites is 2. The van der Waals surface area contributed by atoms with E-state index in [4.69, 9.17) is 8.83 Å². The van der Waals surface area contributed by atoms with Crippen LogP contribution in [-0.2, 0) is 11.3 Å². The van der Waals surface area contributed by atoms with E-state index in [0.717, 1.165) is 27.7 Å². The Morgan fingerprint density at radius 1 is 1.00 bits per heavy atom. The normalized spacial score (nSPS) is 11.1. The fraction of sp³-hybridized carbons (Fsp3) is 0.0870. The average molecular weight is 398 g/mol. The number of hydrogen-bond donors (Lipinski definition) is 1. The van der Waals surface area contributed by atoms with E-state index in [-0.39, 0.29) is 12.5 Å². The second-order valence-electron chi connectivity index (χ2n) is 6.94. The Morgan fingerprint density at radius 2 is 1.80 bits per heavy atom. The first-order valence-electron chi connectivity index (χ1n) is 9.50. The lowest BCUT2D eigenvalue weighted by molar-refractivity contribution is -0.116. The molecule has 148 valence electrons. The summed E-state index contributed by atoms with van der Waals surface area (Å²) in [5.41, 5.74) is 3.49. The molecule has 0 aliphatic rings. The Bertz CT molecular complexity index is 1330. The topological polar surface area (TPSA) is 86.1 Å². The summed E-state index contributed by atoms with van der Waals surface area (Å²) in [6.45, 7) is 2.12. The molecule has 0 aliphatic carbocycles. The van der Waals surface area contributed by atoms with E-state index in [9.17, 15) is 4.79 Å². The quantitative estimate of drug-likeness (QED) is 0.455. The van der Waals surface area contributed by atoms with Gasteiger partial charge in [0, 0.05) is 22.8 Å². The van der Waals surface area contributed by atoms with Gasteiger partial charge >= 0.3 is 0 Å². The lowest BCUT2D eigenvalue weighted by Gasteiger charge is -2.09. The van der Waals surface area contributed by atoms with E-state index < -0.39 is 0 Å². The molecule has 2 aromatic carbocycles. The SMILES string of the molecule is Cc1ccccc1NC(=O)Cn1cc(-c2nnc(-c3ccco3)o2)c2ccccc21. The molecule has 1 amide bonds. The van der Waals surface area contributed by atoms with E-state index >= 15 is 0 Å². The third kappa shape index (κ3) is 3.26. The molecular weight excluding hydrogens is 380 g/mol. The van der Waals surface area contributed by atoms with Crippen molar-refractivity contribution in [1.82, 2.24) is 14.8 Å². The third-order valence-electron chi connectivity index (χ3n) is 4.91. The van der Waals surface area contributed by atoms with Crippen LogP contribution in [0.1, 0.15) is 5.56 Å². The number of furan rings is 1. The van der Waals surface area contributed by atoms with E-state index in [1.807, 2.05) is 66.2 Å². The Kier molecular flexibility index (Phi) is 4.40. The second kappa shape index (κ2) is 7.36. The van der Waals surface area contributed by atoms with E-state index in [0.29, 0.717) is 17.5 Å². The Balaban J connectivity index is 1.47. The van der Waals surface area contributed by atoms with Crippen molar-refractivity contribution in [3.05, 3.63) is 78.7 Å². The molecule has 30 heavy (non-hydrogen) atoms. The first kappa shape index (κ1) is 17.9. The van der Waals surface area contributed by atoms with Crippen LogP contribution >= 0.6 is 0 Å². The summed E-state index contributed by atoms with van der Waals surface area (Å²) in [6.07, 6.45) is 3.42. The summed E-state index contributed by atoms with van der Waals surface area (Å²) in [4.78, 5) is 12.7. The minimum Gasteiger partial charge on any atom is -0.459 e. The summed E-state index contributed by atoms with van der Waals surface area (Å²) in [5, 5.41) is 12.2. The number of benzene rings is 2. The van der Waals surface area contributed by atoms with Crippen LogP contribution < -0.4 is 5.32 Å². The number of hydrogen-bond acceptors (Lipinski definition) is 5. The van der Waals surface area contributed by atoms with Crippen molar-refractivity contribution < 1.29 is 13.6 Å². The molecule has 3 aromatic heterocycles. The second-order valence-corrected chi connectivity index (χ2v) is 6.94. The molecule has 0 bridgehead atoms. The highest BCUT2D eigenvalue weighted by Gasteiger charge is 2.18. The number of amides is 1. The monoisotopic (exact) mass is 398 g/mol. The molecule has 7 nitrogen and oxygen atoms in total. The van der Waals surface area contributed by atoms with Crippen LogP contribution in [-0.4, -0.2) is 20.7 Å². The zero-order chi connectivity index (χ0) is 20.5. The molecule has 0 saturated carbocycles. The van der Waals surface area contributed by atoms with Gasteiger partial charge < -0.3 is 18.7 Å². The number of nitrogens with one attached hydrogen (secondary N) is 1. The van der Waals surface area contributed by atoms with Crippen molar-refractivity contribution in [3.63, 3.8) is 0 Å². The highest BCUT2D eigenvalue weighted by atomic mass is 16.4. The molecule has 0 atom stereocenters. The summed E-state index contributed by atoms with van der Waals surface area (Å²) >= 11 is 0. The zero-order valence-corrected chi connectivity index (χ0v) is 16.2. The zero-order valence-electron chi connectivity index (χ0n) is 16.2. The van der Waals surface area contributed by atoms with Gasteiger partial charge in [0.05, 0.1) is 11.8 Å². The fourth-order valence-corrected chi connectivity index (χ4v) is 3.44. The molecule has 5 aromatic rings. The molecule has 5 rings (SSSR count). The molecule has 0 spiro atoms. The average Bonchev–Trinajstić information content (AvgIpc) is 3.49. The van der Waals surface area contributed by atoms with Crippen molar-refractivity contribution in [2.75, 3.05) is 5.32 Å². The van der Waals surface area contributed by atoms with Gasteiger partial charge in [-0.2, -0.15) is 0 Å². The molecule has 0 radical (unpaired) electrons. The number of aromatic nitrogens is 3. The number of rotatable bonds is 5. The minimum absolute atomic E-state index is 0.113. The van der Waals surface area contributed by atoms with Crippen molar-refractivity contribution >= 4 is 22.5 Å². The molecule has 0 unspecified atom stereocenters. The van der Waals surface area contributed by atoms with Crippen LogP contribution in [0, 0.1) is 6.92 Å². The number of fused-ring (bicyclic) bond motifs is 1. The van der Waals surface area contributed by atoms with Crippen molar-refractivity contribution in [3.8, 4) is 23.1 Å². The van der Waals surface area contributed by atoms with Crippen molar-refractivity contribution in [2.24, 2.45) is 0 Å². The van der Waals surface area contributed by atoms with Gasteiger partial charge in [0.15, 0.2) is 5.76 Å². The first-order chi connectivity index (χ1) is 14.7. The Morgan fingerprint density at radius 3 is 2.63 bits per heavy atom. The Hall–Kier alpha value is -4.13. The van der Waals surface area contributed by atoms with Crippen LogP contribution in [0.4, 0.5) is 5.69 Å². The predicted molar refractivity (Wildman–Crippen MR) is 113 cm³/mol. The summed E-state index contributed by atoms with van der Waals surface area (Å²) in [7, 11) is 0. The van der Waals surface area contributed by atoms with Gasteiger partial charge in [-0.1, -0.05) is 36.4 Å². The number of nitrogens with zero attached hydrogens (tertiary/aromatic N) is 3. The van der Waals surface area contributed by atoms with E-state index in [1.165, 1.54) is 0 Å². The van der Waals surface area contributed by atoms with Crippen molar-refractivity contribution in [1.29, 1.82) is 0 Å². The standard InChI is InChI=1S/C23H18N4O3/c1-15-7-2-4-9-18(15)24-21(28)14-27-13-17(16-8-3-5-10-19(16)27)22-25-26-23(30-22)20-11-6-12-29-20/h2-13H,14H2,1H3,(H,24,28). The van der Waals surface area contributed by atoms with Gasteiger partial charge in [-0.25, -0.2) is 0 Å². The molecule has 7 heteroatoms. The third-order valence-corrected chi connectivity index (χ3v) is 4.91. The van der Waals surface area contributed by atoms with Crippen LogP contribution in [0.15, 0.2) is 82.0 Å². The maximum atomic E-state index is 12.7. The predicted octanol–water partition coefficient (Wildman–Crippen LogP) is 4.90.